The number of alkyl halides is 2. The number of ether oxygens (including phenoxy) is 1. The number of rotatable bonds is 4. The molecule has 23 heavy (non-hydrogen) atoms. The Morgan fingerprint density at radius 1 is 1.22 bits per heavy atom. The van der Waals surface area contributed by atoms with Crippen molar-refractivity contribution in [2.24, 2.45) is 5.41 Å². The van der Waals surface area contributed by atoms with Crippen molar-refractivity contribution < 1.29 is 19.1 Å². The fraction of sp³-hybridized carbons (Fsp3) is 0.400. The van der Waals surface area contributed by atoms with E-state index < -0.39 is 33.8 Å². The average Bonchev–Trinajstić information content (AvgIpc) is 3.04. The Morgan fingerprint density at radius 2 is 1.78 bits per heavy atom. The SMILES string of the molecule is CNC(=O)NC(=O)[C@H](OC(=O)[C@]1(C)CC1(Cl)Cl)c1ccccc1. The second-order valence-electron chi connectivity index (χ2n) is 5.48. The maximum Gasteiger partial charge on any atom is 0.321 e. The molecular formula is C15H16Cl2N2O4. The Balaban J connectivity index is 2.19. The molecule has 0 spiro atoms. The maximum atomic E-state index is 12.3. The van der Waals surface area contributed by atoms with Gasteiger partial charge in [0.1, 0.15) is 9.75 Å². The summed E-state index contributed by atoms with van der Waals surface area (Å²) in [6, 6.07) is 7.67. The van der Waals surface area contributed by atoms with Crippen LogP contribution in [0.15, 0.2) is 30.3 Å². The number of esters is 1. The lowest BCUT2D eigenvalue weighted by Gasteiger charge is -2.20. The summed E-state index contributed by atoms with van der Waals surface area (Å²) >= 11 is 11.9. The first-order chi connectivity index (χ1) is 10.7. The summed E-state index contributed by atoms with van der Waals surface area (Å²) in [7, 11) is 1.37. The topological polar surface area (TPSA) is 84.5 Å². The first-order valence-electron chi connectivity index (χ1n) is 6.88. The van der Waals surface area contributed by atoms with Gasteiger partial charge in [-0.15, -0.1) is 23.2 Å². The number of hydrogen-bond acceptors (Lipinski definition) is 4. The highest BCUT2D eigenvalue weighted by molar-refractivity contribution is 6.53. The lowest BCUT2D eigenvalue weighted by Crippen LogP contribution is -2.41. The van der Waals surface area contributed by atoms with Gasteiger partial charge in [0, 0.05) is 19.0 Å². The monoisotopic (exact) mass is 358 g/mol. The van der Waals surface area contributed by atoms with Crippen molar-refractivity contribution in [2.45, 2.75) is 23.8 Å². The number of benzene rings is 1. The van der Waals surface area contributed by atoms with E-state index in [2.05, 4.69) is 10.6 Å². The molecule has 1 fully saturated rings. The molecule has 8 heteroatoms. The molecule has 0 aromatic heterocycles. The van der Waals surface area contributed by atoms with Crippen LogP contribution in [0, 0.1) is 5.41 Å². The number of hydrogen-bond donors (Lipinski definition) is 2. The van der Waals surface area contributed by atoms with Gasteiger partial charge in [-0.1, -0.05) is 30.3 Å². The third-order valence-corrected chi connectivity index (χ3v) is 4.84. The molecule has 0 heterocycles. The van der Waals surface area contributed by atoms with Gasteiger partial charge in [0.05, 0.1) is 0 Å². The Kier molecular flexibility index (Phi) is 4.87. The first kappa shape index (κ1) is 17.6. The third-order valence-electron chi connectivity index (χ3n) is 3.74. The predicted octanol–water partition coefficient (Wildman–Crippen LogP) is 2.31. The van der Waals surface area contributed by atoms with Crippen LogP contribution in [-0.4, -0.2) is 29.3 Å². The van der Waals surface area contributed by atoms with Crippen molar-refractivity contribution in [3.63, 3.8) is 0 Å². The van der Waals surface area contributed by atoms with Crippen molar-refractivity contribution in [3.8, 4) is 0 Å². The van der Waals surface area contributed by atoms with Crippen LogP contribution in [0.2, 0.25) is 0 Å². The van der Waals surface area contributed by atoms with Crippen LogP contribution in [0.4, 0.5) is 4.79 Å². The highest BCUT2D eigenvalue weighted by atomic mass is 35.5. The number of amides is 3. The van der Waals surface area contributed by atoms with Gasteiger partial charge >= 0.3 is 12.0 Å². The summed E-state index contributed by atoms with van der Waals surface area (Å²) in [6.07, 6.45) is -1.04. The van der Waals surface area contributed by atoms with E-state index in [0.29, 0.717) is 5.56 Å². The number of nitrogens with one attached hydrogen (secondary N) is 2. The number of imide groups is 1. The van der Waals surface area contributed by atoms with Crippen LogP contribution in [0.1, 0.15) is 25.0 Å². The smallest absolute Gasteiger partial charge is 0.321 e. The van der Waals surface area contributed by atoms with E-state index in [-0.39, 0.29) is 6.42 Å². The molecule has 1 aromatic carbocycles. The van der Waals surface area contributed by atoms with Gasteiger partial charge < -0.3 is 10.1 Å². The van der Waals surface area contributed by atoms with Gasteiger partial charge in [0.25, 0.3) is 5.91 Å². The van der Waals surface area contributed by atoms with Gasteiger partial charge in [0.15, 0.2) is 0 Å². The minimum Gasteiger partial charge on any atom is -0.447 e. The summed E-state index contributed by atoms with van der Waals surface area (Å²) in [5, 5.41) is 4.35. The van der Waals surface area contributed by atoms with E-state index in [9.17, 15) is 14.4 Å². The molecule has 0 radical (unpaired) electrons. The second-order valence-corrected chi connectivity index (χ2v) is 6.96. The zero-order chi connectivity index (χ0) is 17.3. The molecule has 1 aliphatic rings. The fourth-order valence-corrected chi connectivity index (χ4v) is 2.69. The number of carbonyl (C=O) groups excluding carboxylic acids is 3. The number of halogens is 2. The Bertz CT molecular complexity index is 636. The van der Waals surface area contributed by atoms with Gasteiger partial charge in [0.2, 0.25) is 6.10 Å². The van der Waals surface area contributed by atoms with Gasteiger partial charge in [-0.25, -0.2) is 4.79 Å². The highest BCUT2D eigenvalue weighted by Crippen LogP contribution is 2.64. The molecule has 0 unspecified atom stereocenters. The third kappa shape index (κ3) is 3.59. The molecule has 3 amide bonds. The van der Waals surface area contributed by atoms with E-state index in [0.717, 1.165) is 0 Å². The van der Waals surface area contributed by atoms with Gasteiger partial charge in [-0.3, -0.25) is 14.9 Å². The molecule has 1 aliphatic carbocycles. The lowest BCUT2D eigenvalue weighted by atomic mass is 10.1. The molecule has 1 aromatic rings. The first-order valence-corrected chi connectivity index (χ1v) is 7.63. The molecule has 1 saturated carbocycles. The quantitative estimate of drug-likeness (QED) is 0.638. The molecule has 124 valence electrons. The molecule has 6 nitrogen and oxygen atoms in total. The van der Waals surface area contributed by atoms with Gasteiger partial charge in [-0.05, 0) is 6.92 Å². The predicted molar refractivity (Wildman–Crippen MR) is 85.0 cm³/mol. The van der Waals surface area contributed by atoms with Crippen LogP contribution in [-0.2, 0) is 14.3 Å². The van der Waals surface area contributed by atoms with Gasteiger partial charge in [-0.2, -0.15) is 0 Å². The standard InChI is InChI=1S/C15H16Cl2N2O4/c1-14(8-15(14,16)17)12(21)23-10(9-6-4-3-5-7-9)11(20)19-13(22)18-2/h3-7,10H,8H2,1-2H3,(H2,18,19,20,22)/t10-,14+/m1/s1. The molecule has 2 rings (SSSR count). The van der Waals surface area contributed by atoms with Crippen LogP contribution in [0.5, 0.6) is 0 Å². The Morgan fingerprint density at radius 3 is 2.26 bits per heavy atom. The van der Waals surface area contributed by atoms with Crippen molar-refractivity contribution >= 4 is 41.1 Å². The Labute approximate surface area is 143 Å². The second kappa shape index (κ2) is 6.37. The molecule has 2 atom stereocenters. The maximum absolute atomic E-state index is 12.3. The molecule has 0 bridgehead atoms. The largest absolute Gasteiger partial charge is 0.447 e. The van der Waals surface area contributed by atoms with Crippen LogP contribution in [0.25, 0.3) is 0 Å². The van der Waals surface area contributed by atoms with E-state index >= 15 is 0 Å². The fourth-order valence-electron chi connectivity index (χ4n) is 2.00. The van der Waals surface area contributed by atoms with Crippen LogP contribution >= 0.6 is 23.2 Å². The van der Waals surface area contributed by atoms with E-state index in [1.807, 2.05) is 0 Å². The molecular weight excluding hydrogens is 343 g/mol. The summed E-state index contributed by atoms with van der Waals surface area (Å²) in [6.45, 7) is 1.56. The number of carbonyl (C=O) groups is 3. The summed E-state index contributed by atoms with van der Waals surface area (Å²) in [5.74, 6) is -1.45. The molecule has 2 N–H and O–H groups in total. The molecule has 0 aliphatic heterocycles. The van der Waals surface area contributed by atoms with Crippen molar-refractivity contribution in [1.82, 2.24) is 10.6 Å². The van der Waals surface area contributed by atoms with Crippen LogP contribution in [0.3, 0.4) is 0 Å². The summed E-state index contributed by atoms with van der Waals surface area (Å²) < 4.78 is 4.10. The minimum atomic E-state index is -1.28. The van der Waals surface area contributed by atoms with Crippen molar-refractivity contribution in [2.75, 3.05) is 7.05 Å². The van der Waals surface area contributed by atoms with E-state index in [4.69, 9.17) is 27.9 Å². The zero-order valence-electron chi connectivity index (χ0n) is 12.6. The van der Waals surface area contributed by atoms with E-state index in [1.165, 1.54) is 7.05 Å². The van der Waals surface area contributed by atoms with E-state index in [1.54, 1.807) is 37.3 Å². The Hall–Kier alpha value is -1.79. The minimum absolute atomic E-state index is 0.237. The van der Waals surface area contributed by atoms with Crippen molar-refractivity contribution in [3.05, 3.63) is 35.9 Å². The normalized spacial score (nSPS) is 22.6. The lowest BCUT2D eigenvalue weighted by molar-refractivity contribution is -0.161. The zero-order valence-corrected chi connectivity index (χ0v) is 14.1. The van der Waals surface area contributed by atoms with Crippen LogP contribution < -0.4 is 10.6 Å². The van der Waals surface area contributed by atoms with Crippen molar-refractivity contribution in [1.29, 1.82) is 0 Å². The summed E-state index contributed by atoms with van der Waals surface area (Å²) in [4.78, 5) is 35.9. The number of urea groups is 1. The average molecular weight is 359 g/mol. The molecule has 0 saturated heterocycles. The summed E-state index contributed by atoms with van der Waals surface area (Å²) in [5.41, 5.74) is -0.641. The highest BCUT2D eigenvalue weighted by Gasteiger charge is 2.69.